The van der Waals surface area contributed by atoms with E-state index < -0.39 is 6.10 Å². The van der Waals surface area contributed by atoms with Gasteiger partial charge in [-0.05, 0) is 49.1 Å². The van der Waals surface area contributed by atoms with Crippen molar-refractivity contribution in [3.63, 3.8) is 0 Å². The van der Waals surface area contributed by atoms with Crippen molar-refractivity contribution < 1.29 is 19.4 Å². The van der Waals surface area contributed by atoms with E-state index in [4.69, 9.17) is 9.47 Å². The zero-order chi connectivity index (χ0) is 24.7. The van der Waals surface area contributed by atoms with Crippen molar-refractivity contribution >= 4 is 5.91 Å². The molecule has 1 amide bonds. The second-order valence-electron chi connectivity index (χ2n) is 11.1. The lowest BCUT2D eigenvalue weighted by Crippen LogP contribution is -2.64. The van der Waals surface area contributed by atoms with E-state index >= 15 is 0 Å². The molecule has 7 heteroatoms. The van der Waals surface area contributed by atoms with Crippen LogP contribution in [0.4, 0.5) is 0 Å². The van der Waals surface area contributed by atoms with Crippen LogP contribution in [-0.4, -0.2) is 90.3 Å². The van der Waals surface area contributed by atoms with E-state index in [0.29, 0.717) is 43.0 Å². The predicted octanol–water partition coefficient (Wildman–Crippen LogP) is 2.80. The third kappa shape index (κ3) is 4.72. The van der Waals surface area contributed by atoms with Crippen molar-refractivity contribution in [1.29, 1.82) is 0 Å². The standard InChI is InChI=1S/C29H37N3O4/c1-2-30-19-29(20-30)14-25(15-29)36-24-7-8-26-27(13-24)35-12-11-32(28(26)34)18-23(33)17-31-10-9-21-5-3-4-6-22(21)16-31/h3-8,13,23,25,33H,2,9-12,14-20H2,1H3/t23-/m1/s1. The lowest BCUT2D eigenvalue weighted by molar-refractivity contribution is -0.117. The summed E-state index contributed by atoms with van der Waals surface area (Å²) < 4.78 is 12.2. The maximum absolute atomic E-state index is 13.3. The molecule has 4 aliphatic rings. The molecule has 0 radical (unpaired) electrons. The number of benzene rings is 2. The quantitative estimate of drug-likeness (QED) is 0.643. The summed E-state index contributed by atoms with van der Waals surface area (Å²) in [4.78, 5) is 19.8. The second kappa shape index (κ2) is 9.69. The number of carbonyl (C=O) groups excluding carboxylic acids is 1. The highest BCUT2D eigenvalue weighted by Gasteiger charge is 2.52. The van der Waals surface area contributed by atoms with Gasteiger partial charge in [0.25, 0.3) is 5.91 Å². The van der Waals surface area contributed by atoms with E-state index in [2.05, 4.69) is 41.0 Å². The molecule has 0 bridgehead atoms. The SMILES string of the molecule is CCN1CC2(CC(Oc3ccc4c(c3)OCCN(C[C@H](O)CN3CCc5ccccc5C3)C4=O)C2)C1. The molecule has 1 saturated carbocycles. The molecule has 3 heterocycles. The Balaban J connectivity index is 1.03. The molecule has 1 N–H and O–H groups in total. The van der Waals surface area contributed by atoms with Crippen LogP contribution in [-0.2, 0) is 13.0 Å². The molecule has 0 unspecified atom stereocenters. The molecule has 1 aliphatic carbocycles. The number of hydrogen-bond acceptors (Lipinski definition) is 6. The third-order valence-electron chi connectivity index (χ3n) is 8.39. The minimum absolute atomic E-state index is 0.0891. The lowest BCUT2D eigenvalue weighted by atomic mass is 9.62. The van der Waals surface area contributed by atoms with Gasteiger partial charge < -0.3 is 24.4 Å². The average Bonchev–Trinajstić information content (AvgIpc) is 2.98. The summed E-state index contributed by atoms with van der Waals surface area (Å²) in [6.07, 6.45) is 2.85. The van der Waals surface area contributed by atoms with Crippen LogP contribution in [0.1, 0.15) is 41.3 Å². The Bertz CT molecular complexity index is 1110. The minimum atomic E-state index is -0.607. The van der Waals surface area contributed by atoms with Gasteiger partial charge in [-0.15, -0.1) is 0 Å². The van der Waals surface area contributed by atoms with Crippen molar-refractivity contribution in [1.82, 2.24) is 14.7 Å². The van der Waals surface area contributed by atoms with Gasteiger partial charge in [0, 0.05) is 50.7 Å². The van der Waals surface area contributed by atoms with Gasteiger partial charge in [0.15, 0.2) is 0 Å². The highest BCUT2D eigenvalue weighted by molar-refractivity contribution is 5.97. The molecule has 1 atom stereocenters. The number of likely N-dealkylation sites (tertiary alicyclic amines) is 1. The summed E-state index contributed by atoms with van der Waals surface area (Å²) >= 11 is 0. The number of hydrogen-bond donors (Lipinski definition) is 1. The highest BCUT2D eigenvalue weighted by atomic mass is 16.5. The molecule has 2 aromatic rings. The molecule has 192 valence electrons. The molecular weight excluding hydrogens is 454 g/mol. The Morgan fingerprint density at radius 1 is 1.08 bits per heavy atom. The molecule has 1 saturated heterocycles. The first-order valence-electron chi connectivity index (χ1n) is 13.4. The van der Waals surface area contributed by atoms with Gasteiger partial charge in [-0.3, -0.25) is 9.69 Å². The first kappa shape index (κ1) is 23.8. The molecule has 7 nitrogen and oxygen atoms in total. The second-order valence-corrected chi connectivity index (χ2v) is 11.1. The molecule has 0 aromatic heterocycles. The summed E-state index contributed by atoms with van der Waals surface area (Å²) in [5.41, 5.74) is 3.74. The van der Waals surface area contributed by atoms with Crippen LogP contribution in [0.15, 0.2) is 42.5 Å². The van der Waals surface area contributed by atoms with Crippen LogP contribution in [0.2, 0.25) is 0 Å². The monoisotopic (exact) mass is 491 g/mol. The number of aliphatic hydroxyl groups excluding tert-OH is 1. The predicted molar refractivity (Wildman–Crippen MR) is 137 cm³/mol. The Morgan fingerprint density at radius 3 is 2.69 bits per heavy atom. The van der Waals surface area contributed by atoms with E-state index in [1.165, 1.54) is 24.2 Å². The number of fused-ring (bicyclic) bond motifs is 2. The van der Waals surface area contributed by atoms with E-state index in [0.717, 1.165) is 44.6 Å². The number of aliphatic hydroxyl groups is 1. The molecule has 6 rings (SSSR count). The molecular formula is C29H37N3O4. The van der Waals surface area contributed by atoms with Crippen LogP contribution in [0.25, 0.3) is 0 Å². The van der Waals surface area contributed by atoms with Gasteiger partial charge in [-0.1, -0.05) is 31.2 Å². The van der Waals surface area contributed by atoms with Crippen molar-refractivity contribution in [2.75, 3.05) is 52.4 Å². The number of rotatable bonds is 7. The van der Waals surface area contributed by atoms with Gasteiger partial charge in [0.2, 0.25) is 0 Å². The molecule has 1 spiro atoms. The van der Waals surface area contributed by atoms with Gasteiger partial charge in [-0.2, -0.15) is 0 Å². The maximum atomic E-state index is 13.3. The Labute approximate surface area is 213 Å². The van der Waals surface area contributed by atoms with Gasteiger partial charge in [-0.25, -0.2) is 0 Å². The smallest absolute Gasteiger partial charge is 0.257 e. The highest BCUT2D eigenvalue weighted by Crippen LogP contribution is 2.49. The van der Waals surface area contributed by atoms with Crippen molar-refractivity contribution in [2.24, 2.45) is 5.41 Å². The fourth-order valence-electron chi connectivity index (χ4n) is 6.47. The van der Waals surface area contributed by atoms with Gasteiger partial charge >= 0.3 is 0 Å². The number of ether oxygens (including phenoxy) is 2. The van der Waals surface area contributed by atoms with E-state index in [1.807, 2.05) is 18.2 Å². The largest absolute Gasteiger partial charge is 0.491 e. The van der Waals surface area contributed by atoms with Crippen molar-refractivity contribution in [3.05, 3.63) is 59.2 Å². The zero-order valence-corrected chi connectivity index (χ0v) is 21.2. The van der Waals surface area contributed by atoms with E-state index in [-0.39, 0.29) is 12.0 Å². The average molecular weight is 492 g/mol. The minimum Gasteiger partial charge on any atom is -0.491 e. The molecule has 3 aliphatic heterocycles. The van der Waals surface area contributed by atoms with E-state index in [9.17, 15) is 9.90 Å². The Morgan fingerprint density at radius 2 is 1.89 bits per heavy atom. The Kier molecular flexibility index (Phi) is 6.40. The summed E-state index contributed by atoms with van der Waals surface area (Å²) in [7, 11) is 0. The first-order valence-corrected chi connectivity index (χ1v) is 13.4. The van der Waals surface area contributed by atoms with Crippen LogP contribution < -0.4 is 9.47 Å². The summed E-state index contributed by atoms with van der Waals surface area (Å²) in [5.74, 6) is 1.26. The maximum Gasteiger partial charge on any atom is 0.257 e. The zero-order valence-electron chi connectivity index (χ0n) is 21.2. The number of nitrogens with zero attached hydrogens (tertiary/aromatic N) is 3. The first-order chi connectivity index (χ1) is 17.5. The van der Waals surface area contributed by atoms with Crippen molar-refractivity contribution in [3.8, 4) is 11.5 Å². The van der Waals surface area contributed by atoms with Crippen molar-refractivity contribution in [2.45, 2.75) is 44.9 Å². The molecule has 36 heavy (non-hydrogen) atoms. The number of carbonyl (C=O) groups is 1. The van der Waals surface area contributed by atoms with Crippen LogP contribution >= 0.6 is 0 Å². The third-order valence-corrected chi connectivity index (χ3v) is 8.39. The molecule has 2 aromatic carbocycles. The van der Waals surface area contributed by atoms with Crippen LogP contribution in [0, 0.1) is 5.41 Å². The fourth-order valence-corrected chi connectivity index (χ4v) is 6.47. The van der Waals surface area contributed by atoms with Crippen LogP contribution in [0.3, 0.4) is 0 Å². The normalized spacial score (nSPS) is 22.6. The topological polar surface area (TPSA) is 65.5 Å². The Hall–Kier alpha value is -2.61. The molecule has 2 fully saturated rings. The lowest BCUT2D eigenvalue weighted by Gasteiger charge is -2.58. The number of amides is 1. The van der Waals surface area contributed by atoms with E-state index in [1.54, 1.807) is 4.90 Å². The summed E-state index contributed by atoms with van der Waals surface area (Å²) in [5, 5.41) is 10.8. The summed E-state index contributed by atoms with van der Waals surface area (Å²) in [6.45, 7) is 9.22. The van der Waals surface area contributed by atoms with Crippen LogP contribution in [0.5, 0.6) is 11.5 Å². The van der Waals surface area contributed by atoms with Gasteiger partial charge in [0.05, 0.1) is 24.3 Å². The fraction of sp³-hybridized carbons (Fsp3) is 0.552. The number of β-amino-alcohol motifs (C(OH)–C–C–N with tert-alkyl or cyclic N) is 1. The van der Waals surface area contributed by atoms with Gasteiger partial charge in [0.1, 0.15) is 18.1 Å². The summed E-state index contributed by atoms with van der Waals surface area (Å²) in [6, 6.07) is 14.1.